The van der Waals surface area contributed by atoms with Crippen molar-refractivity contribution >= 4 is 21.7 Å². The highest BCUT2D eigenvalue weighted by atomic mass is 79.9. The van der Waals surface area contributed by atoms with E-state index >= 15 is 0 Å². The highest BCUT2D eigenvalue weighted by molar-refractivity contribution is 9.10. The first-order valence-corrected chi connectivity index (χ1v) is 5.78. The molecule has 0 aliphatic carbocycles. The molecule has 0 atom stereocenters. The van der Waals surface area contributed by atoms with E-state index in [1.54, 1.807) is 12.1 Å². The third-order valence-electron chi connectivity index (χ3n) is 2.29. The summed E-state index contributed by atoms with van der Waals surface area (Å²) in [7, 11) is 0. The highest BCUT2D eigenvalue weighted by Gasteiger charge is 2.15. The smallest absolute Gasteiger partial charge is 0.214 e. The van der Waals surface area contributed by atoms with Crippen LogP contribution in [0.15, 0.2) is 41.0 Å². The summed E-state index contributed by atoms with van der Waals surface area (Å²) < 4.78 is 14.2. The van der Waals surface area contributed by atoms with E-state index in [0.717, 1.165) is 6.07 Å². The minimum absolute atomic E-state index is 0.0976. The zero-order chi connectivity index (χ0) is 13.1. The number of ketones is 1. The molecular weight excluding hydrogens is 299 g/mol. The summed E-state index contributed by atoms with van der Waals surface area (Å²) in [5, 5.41) is 8.62. The molecule has 0 bridgehead atoms. The summed E-state index contributed by atoms with van der Waals surface area (Å²) in [5.74, 6) is -1.24. The molecule has 2 aromatic rings. The fourth-order valence-electron chi connectivity index (χ4n) is 1.44. The van der Waals surface area contributed by atoms with Gasteiger partial charge >= 0.3 is 0 Å². The Hall–Kier alpha value is -2.06. The maximum Gasteiger partial charge on any atom is 0.214 e. The molecule has 0 aliphatic heterocycles. The highest BCUT2D eigenvalue weighted by Crippen LogP contribution is 2.15. The maximum absolute atomic E-state index is 13.7. The van der Waals surface area contributed by atoms with Gasteiger partial charge in [0.2, 0.25) is 5.78 Å². The van der Waals surface area contributed by atoms with Gasteiger partial charge in [-0.2, -0.15) is 5.26 Å². The van der Waals surface area contributed by atoms with Crippen molar-refractivity contribution in [3.05, 3.63) is 63.6 Å². The second-order valence-electron chi connectivity index (χ2n) is 3.48. The van der Waals surface area contributed by atoms with E-state index in [9.17, 15) is 9.18 Å². The lowest BCUT2D eigenvalue weighted by atomic mass is 10.1. The molecule has 2 rings (SSSR count). The van der Waals surface area contributed by atoms with Crippen molar-refractivity contribution in [3.63, 3.8) is 0 Å². The van der Waals surface area contributed by atoms with Gasteiger partial charge in [-0.05, 0) is 46.3 Å². The average Bonchev–Trinajstić information content (AvgIpc) is 2.37. The van der Waals surface area contributed by atoms with Crippen molar-refractivity contribution in [3.8, 4) is 6.07 Å². The third kappa shape index (κ3) is 2.44. The topological polar surface area (TPSA) is 53.8 Å². The van der Waals surface area contributed by atoms with Crippen molar-refractivity contribution < 1.29 is 9.18 Å². The lowest BCUT2D eigenvalue weighted by Crippen LogP contribution is -2.06. The van der Waals surface area contributed by atoms with E-state index in [1.165, 1.54) is 18.2 Å². The molecule has 88 valence electrons. The molecule has 5 heteroatoms. The number of nitrogens with zero attached hydrogens (tertiary/aromatic N) is 2. The van der Waals surface area contributed by atoms with Crippen molar-refractivity contribution in [1.29, 1.82) is 5.26 Å². The number of carbonyl (C=O) groups is 1. The summed E-state index contributed by atoms with van der Waals surface area (Å²) in [6.45, 7) is 0. The van der Waals surface area contributed by atoms with Gasteiger partial charge in [0, 0.05) is 0 Å². The van der Waals surface area contributed by atoms with E-state index in [2.05, 4.69) is 20.9 Å². The van der Waals surface area contributed by atoms with Gasteiger partial charge in [0.25, 0.3) is 0 Å². The van der Waals surface area contributed by atoms with Crippen LogP contribution in [0.1, 0.15) is 21.6 Å². The van der Waals surface area contributed by atoms with Crippen LogP contribution < -0.4 is 0 Å². The summed E-state index contributed by atoms with van der Waals surface area (Å²) in [6.07, 6.45) is 0. The molecule has 0 fully saturated rings. The van der Waals surface area contributed by atoms with Gasteiger partial charge in [0.05, 0.1) is 17.2 Å². The summed E-state index contributed by atoms with van der Waals surface area (Å²) in [4.78, 5) is 16.0. The Bertz CT molecular complexity index is 664. The summed E-state index contributed by atoms with van der Waals surface area (Å²) in [5.41, 5.74) is 0.221. The van der Waals surface area contributed by atoms with Gasteiger partial charge in [-0.1, -0.05) is 6.07 Å². The van der Waals surface area contributed by atoms with Crippen molar-refractivity contribution in [2.45, 2.75) is 0 Å². The SMILES string of the molecule is N#Cc1ccc(C(=O)c2cccc(Br)n2)c(F)c1. The van der Waals surface area contributed by atoms with Crippen LogP contribution in [0.25, 0.3) is 0 Å². The number of hydrogen-bond donors (Lipinski definition) is 0. The van der Waals surface area contributed by atoms with E-state index in [-0.39, 0.29) is 16.8 Å². The molecule has 1 heterocycles. The zero-order valence-corrected chi connectivity index (χ0v) is 10.6. The van der Waals surface area contributed by atoms with Crippen LogP contribution in [0.5, 0.6) is 0 Å². The van der Waals surface area contributed by atoms with Crippen molar-refractivity contribution in [2.24, 2.45) is 0 Å². The number of hydrogen-bond acceptors (Lipinski definition) is 3. The van der Waals surface area contributed by atoms with Gasteiger partial charge in [-0.15, -0.1) is 0 Å². The minimum Gasteiger partial charge on any atom is -0.287 e. The van der Waals surface area contributed by atoms with E-state index in [1.807, 2.05) is 6.07 Å². The Morgan fingerprint density at radius 1 is 1.33 bits per heavy atom. The molecule has 0 amide bonds. The monoisotopic (exact) mass is 304 g/mol. The molecule has 1 aromatic carbocycles. The number of carbonyl (C=O) groups excluding carboxylic acids is 1. The Kier molecular flexibility index (Phi) is 3.49. The fraction of sp³-hybridized carbons (Fsp3) is 0. The number of halogens is 2. The second kappa shape index (κ2) is 5.07. The molecule has 0 unspecified atom stereocenters. The van der Waals surface area contributed by atoms with Gasteiger partial charge in [-0.25, -0.2) is 9.37 Å². The Balaban J connectivity index is 2.44. The largest absolute Gasteiger partial charge is 0.287 e. The Morgan fingerprint density at radius 3 is 2.72 bits per heavy atom. The lowest BCUT2D eigenvalue weighted by molar-refractivity contribution is 0.103. The van der Waals surface area contributed by atoms with Crippen LogP contribution in [0.2, 0.25) is 0 Å². The lowest BCUT2D eigenvalue weighted by Gasteiger charge is -2.02. The molecule has 0 aliphatic rings. The number of rotatable bonds is 2. The Morgan fingerprint density at radius 2 is 2.11 bits per heavy atom. The van der Waals surface area contributed by atoms with Crippen molar-refractivity contribution in [1.82, 2.24) is 4.98 Å². The molecule has 0 spiro atoms. The second-order valence-corrected chi connectivity index (χ2v) is 4.29. The van der Waals surface area contributed by atoms with Crippen LogP contribution in [-0.2, 0) is 0 Å². The first-order chi connectivity index (χ1) is 8.61. The van der Waals surface area contributed by atoms with Crippen LogP contribution in [-0.4, -0.2) is 10.8 Å². The predicted octanol–water partition coefficient (Wildman–Crippen LogP) is 3.09. The minimum atomic E-state index is -0.721. The average molecular weight is 305 g/mol. The number of aromatic nitrogens is 1. The van der Waals surface area contributed by atoms with Gasteiger partial charge < -0.3 is 0 Å². The van der Waals surface area contributed by atoms with Crippen LogP contribution in [0.3, 0.4) is 0 Å². The van der Waals surface area contributed by atoms with Crippen LogP contribution in [0.4, 0.5) is 4.39 Å². The maximum atomic E-state index is 13.7. The number of pyridine rings is 1. The molecule has 3 nitrogen and oxygen atoms in total. The third-order valence-corrected chi connectivity index (χ3v) is 2.73. The standard InChI is InChI=1S/C13H6BrFN2O/c14-12-3-1-2-11(17-12)13(18)9-5-4-8(7-16)6-10(9)15/h1-6H. The van der Waals surface area contributed by atoms with Crippen LogP contribution >= 0.6 is 15.9 Å². The number of benzene rings is 1. The zero-order valence-electron chi connectivity index (χ0n) is 9.02. The molecule has 0 saturated heterocycles. The van der Waals surface area contributed by atoms with E-state index in [0.29, 0.717) is 4.60 Å². The molecular formula is C13H6BrFN2O. The van der Waals surface area contributed by atoms with Crippen LogP contribution in [0, 0.1) is 17.1 Å². The first kappa shape index (κ1) is 12.4. The molecule has 18 heavy (non-hydrogen) atoms. The fourth-order valence-corrected chi connectivity index (χ4v) is 1.79. The quantitative estimate of drug-likeness (QED) is 0.633. The molecule has 1 aromatic heterocycles. The normalized spacial score (nSPS) is 9.83. The predicted molar refractivity (Wildman–Crippen MR) is 66.5 cm³/mol. The van der Waals surface area contributed by atoms with Gasteiger partial charge in [0.1, 0.15) is 16.1 Å². The molecule has 0 saturated carbocycles. The molecule has 0 radical (unpaired) electrons. The molecule has 0 N–H and O–H groups in total. The summed E-state index contributed by atoms with van der Waals surface area (Å²) in [6, 6.07) is 10.4. The van der Waals surface area contributed by atoms with E-state index in [4.69, 9.17) is 5.26 Å². The van der Waals surface area contributed by atoms with Gasteiger partial charge in [0.15, 0.2) is 0 Å². The van der Waals surface area contributed by atoms with E-state index < -0.39 is 11.6 Å². The van der Waals surface area contributed by atoms with Gasteiger partial charge in [-0.3, -0.25) is 4.79 Å². The first-order valence-electron chi connectivity index (χ1n) is 4.98. The summed E-state index contributed by atoms with van der Waals surface area (Å²) >= 11 is 3.14. The van der Waals surface area contributed by atoms with Crippen molar-refractivity contribution in [2.75, 3.05) is 0 Å². The Labute approximate surface area is 111 Å². The number of nitriles is 1.